The fraction of sp³-hybridized carbons (Fsp3) is 0.867. The van der Waals surface area contributed by atoms with Crippen molar-refractivity contribution in [1.29, 1.82) is 0 Å². The number of methoxy groups -OCH3 is 1. The number of carbonyl (C=O) groups excluding carboxylic acids is 2. The molecule has 0 aliphatic heterocycles. The lowest BCUT2D eigenvalue weighted by molar-refractivity contribution is -0.142. The van der Waals surface area contributed by atoms with Crippen LogP contribution in [0.4, 0.5) is 0 Å². The zero-order valence-corrected chi connectivity index (χ0v) is 11.8. The van der Waals surface area contributed by atoms with Crippen LogP contribution in [0, 0.1) is 11.8 Å². The lowest BCUT2D eigenvalue weighted by Crippen LogP contribution is -2.39. The highest BCUT2D eigenvalue weighted by Crippen LogP contribution is 2.30. The molecule has 0 radical (unpaired) electrons. The molecule has 0 aromatic heterocycles. The Morgan fingerprint density at radius 2 is 1.63 bits per heavy atom. The predicted molar refractivity (Wildman–Crippen MR) is 72.5 cm³/mol. The number of nitrogens with one attached hydrogen (secondary N) is 1. The van der Waals surface area contributed by atoms with E-state index in [0.29, 0.717) is 30.7 Å². The van der Waals surface area contributed by atoms with Crippen molar-refractivity contribution in [1.82, 2.24) is 5.32 Å². The van der Waals surface area contributed by atoms with E-state index in [1.165, 1.54) is 26.4 Å². The van der Waals surface area contributed by atoms with Gasteiger partial charge in [-0.3, -0.25) is 9.59 Å². The summed E-state index contributed by atoms with van der Waals surface area (Å²) >= 11 is 0. The van der Waals surface area contributed by atoms with Crippen molar-refractivity contribution in [2.45, 2.75) is 63.8 Å². The van der Waals surface area contributed by atoms with E-state index in [0.717, 1.165) is 25.7 Å². The minimum Gasteiger partial charge on any atom is -0.469 e. The third-order valence-corrected chi connectivity index (χ3v) is 4.59. The number of rotatable bonds is 5. The SMILES string of the molecule is COC(=O)CC1CCC(NC(=O)CC2CCC2)CC1. The molecule has 1 amide bonds. The van der Waals surface area contributed by atoms with E-state index >= 15 is 0 Å². The highest BCUT2D eigenvalue weighted by Gasteiger charge is 2.26. The van der Waals surface area contributed by atoms with Crippen LogP contribution in [-0.2, 0) is 14.3 Å². The Morgan fingerprint density at radius 1 is 1.00 bits per heavy atom. The normalized spacial score (nSPS) is 27.4. The molecule has 2 saturated carbocycles. The van der Waals surface area contributed by atoms with E-state index in [1.807, 2.05) is 0 Å². The number of carbonyl (C=O) groups is 2. The zero-order valence-electron chi connectivity index (χ0n) is 11.8. The van der Waals surface area contributed by atoms with Crippen LogP contribution in [0.1, 0.15) is 57.8 Å². The van der Waals surface area contributed by atoms with Gasteiger partial charge in [0.25, 0.3) is 0 Å². The molecular formula is C15H25NO3. The summed E-state index contributed by atoms with van der Waals surface area (Å²) in [5.74, 6) is 1.18. The maximum Gasteiger partial charge on any atom is 0.305 e. The summed E-state index contributed by atoms with van der Waals surface area (Å²) < 4.78 is 4.70. The monoisotopic (exact) mass is 267 g/mol. The van der Waals surface area contributed by atoms with Crippen molar-refractivity contribution < 1.29 is 14.3 Å². The van der Waals surface area contributed by atoms with E-state index in [1.54, 1.807) is 0 Å². The van der Waals surface area contributed by atoms with Crippen LogP contribution >= 0.6 is 0 Å². The number of ether oxygens (including phenoxy) is 1. The maximum absolute atomic E-state index is 11.8. The first-order chi connectivity index (χ1) is 9.17. The molecule has 19 heavy (non-hydrogen) atoms. The van der Waals surface area contributed by atoms with Gasteiger partial charge in [0.2, 0.25) is 5.91 Å². The van der Waals surface area contributed by atoms with Crippen molar-refractivity contribution in [2.24, 2.45) is 11.8 Å². The van der Waals surface area contributed by atoms with Gasteiger partial charge in [-0.1, -0.05) is 6.42 Å². The fourth-order valence-corrected chi connectivity index (χ4v) is 3.08. The van der Waals surface area contributed by atoms with E-state index in [9.17, 15) is 9.59 Å². The average molecular weight is 267 g/mol. The first-order valence-corrected chi connectivity index (χ1v) is 7.53. The highest BCUT2D eigenvalue weighted by atomic mass is 16.5. The summed E-state index contributed by atoms with van der Waals surface area (Å²) in [4.78, 5) is 23.0. The van der Waals surface area contributed by atoms with Gasteiger partial charge in [-0.25, -0.2) is 0 Å². The highest BCUT2D eigenvalue weighted by molar-refractivity contribution is 5.76. The number of esters is 1. The van der Waals surface area contributed by atoms with Crippen molar-refractivity contribution in [3.05, 3.63) is 0 Å². The van der Waals surface area contributed by atoms with Crippen LogP contribution in [0.5, 0.6) is 0 Å². The quantitative estimate of drug-likeness (QED) is 0.778. The van der Waals surface area contributed by atoms with Crippen molar-refractivity contribution in [2.75, 3.05) is 7.11 Å². The molecule has 0 unspecified atom stereocenters. The van der Waals surface area contributed by atoms with Gasteiger partial charge in [0.05, 0.1) is 7.11 Å². The smallest absolute Gasteiger partial charge is 0.305 e. The molecule has 2 fully saturated rings. The van der Waals surface area contributed by atoms with Gasteiger partial charge in [-0.05, 0) is 50.4 Å². The lowest BCUT2D eigenvalue weighted by atomic mass is 9.82. The molecule has 2 aliphatic rings. The van der Waals surface area contributed by atoms with Gasteiger partial charge in [0, 0.05) is 18.9 Å². The third-order valence-electron chi connectivity index (χ3n) is 4.59. The Kier molecular flexibility index (Phi) is 5.23. The van der Waals surface area contributed by atoms with Crippen LogP contribution in [0.15, 0.2) is 0 Å². The summed E-state index contributed by atoms with van der Waals surface area (Å²) in [5, 5.41) is 3.15. The molecule has 0 bridgehead atoms. The van der Waals surface area contributed by atoms with Gasteiger partial charge in [0.1, 0.15) is 0 Å². The number of hydrogen-bond acceptors (Lipinski definition) is 3. The van der Waals surface area contributed by atoms with Gasteiger partial charge >= 0.3 is 5.97 Å². The molecule has 0 heterocycles. The third kappa shape index (κ3) is 4.51. The predicted octanol–water partition coefficient (Wildman–Crippen LogP) is 2.41. The number of hydrogen-bond donors (Lipinski definition) is 1. The van der Waals surface area contributed by atoms with E-state index in [-0.39, 0.29) is 11.9 Å². The molecule has 2 rings (SSSR count). The Labute approximate surface area is 115 Å². The summed E-state index contributed by atoms with van der Waals surface area (Å²) in [6.45, 7) is 0. The molecule has 108 valence electrons. The standard InChI is InChI=1S/C15H25NO3/c1-19-15(18)10-12-5-7-13(8-6-12)16-14(17)9-11-3-2-4-11/h11-13H,2-10H2,1H3,(H,16,17). The Morgan fingerprint density at radius 3 is 2.16 bits per heavy atom. The molecule has 0 aromatic carbocycles. The van der Waals surface area contributed by atoms with E-state index in [2.05, 4.69) is 5.32 Å². The Bertz CT molecular complexity index is 317. The van der Waals surface area contributed by atoms with E-state index < -0.39 is 0 Å². The molecule has 4 nitrogen and oxygen atoms in total. The lowest BCUT2D eigenvalue weighted by Gasteiger charge is -2.30. The van der Waals surface area contributed by atoms with Crippen LogP contribution < -0.4 is 5.32 Å². The second-order valence-electron chi connectivity index (χ2n) is 6.07. The van der Waals surface area contributed by atoms with Crippen LogP contribution in [-0.4, -0.2) is 25.0 Å². The molecule has 4 heteroatoms. The Hall–Kier alpha value is -1.06. The molecular weight excluding hydrogens is 242 g/mol. The molecule has 0 atom stereocenters. The minimum absolute atomic E-state index is 0.113. The van der Waals surface area contributed by atoms with Crippen molar-refractivity contribution >= 4 is 11.9 Å². The molecule has 1 N–H and O–H groups in total. The second-order valence-corrected chi connectivity index (χ2v) is 6.07. The Balaban J connectivity index is 1.62. The van der Waals surface area contributed by atoms with Crippen LogP contribution in [0.25, 0.3) is 0 Å². The fourth-order valence-electron chi connectivity index (χ4n) is 3.08. The average Bonchev–Trinajstić information content (AvgIpc) is 2.36. The maximum atomic E-state index is 11.8. The van der Waals surface area contributed by atoms with Gasteiger partial charge in [-0.15, -0.1) is 0 Å². The van der Waals surface area contributed by atoms with Crippen molar-refractivity contribution in [3.8, 4) is 0 Å². The summed E-state index contributed by atoms with van der Waals surface area (Å²) in [7, 11) is 1.44. The summed E-state index contributed by atoms with van der Waals surface area (Å²) in [6.07, 6.45) is 9.00. The van der Waals surface area contributed by atoms with Gasteiger partial charge in [0.15, 0.2) is 0 Å². The number of amides is 1. The molecule has 0 saturated heterocycles. The van der Waals surface area contributed by atoms with Crippen LogP contribution in [0.2, 0.25) is 0 Å². The summed E-state index contributed by atoms with van der Waals surface area (Å²) in [5.41, 5.74) is 0. The van der Waals surface area contributed by atoms with Crippen molar-refractivity contribution in [3.63, 3.8) is 0 Å². The van der Waals surface area contributed by atoms with Crippen LogP contribution in [0.3, 0.4) is 0 Å². The molecule has 0 spiro atoms. The topological polar surface area (TPSA) is 55.4 Å². The van der Waals surface area contributed by atoms with Gasteiger partial charge < -0.3 is 10.1 Å². The van der Waals surface area contributed by atoms with Gasteiger partial charge in [-0.2, -0.15) is 0 Å². The van der Waals surface area contributed by atoms with E-state index in [4.69, 9.17) is 4.74 Å². The zero-order chi connectivity index (χ0) is 13.7. The molecule has 0 aromatic rings. The minimum atomic E-state index is -0.113. The molecule has 2 aliphatic carbocycles. The second kappa shape index (κ2) is 6.92. The first kappa shape index (κ1) is 14.4. The largest absolute Gasteiger partial charge is 0.469 e. The first-order valence-electron chi connectivity index (χ1n) is 7.53. The summed E-state index contributed by atoms with van der Waals surface area (Å²) in [6, 6.07) is 0.321.